The molecule has 0 bridgehead atoms. The van der Waals surface area contributed by atoms with Crippen molar-refractivity contribution in [2.45, 2.75) is 17.9 Å². The highest BCUT2D eigenvalue weighted by Crippen LogP contribution is 2.19. The van der Waals surface area contributed by atoms with Gasteiger partial charge in [0.2, 0.25) is 0 Å². The normalized spacial score (nSPS) is 12.1. The molecule has 3 heteroatoms. The monoisotopic (exact) mass is 223 g/mol. The van der Waals surface area contributed by atoms with E-state index in [1.54, 1.807) is 17.8 Å². The lowest BCUT2D eigenvalue weighted by Crippen LogP contribution is -2.29. The van der Waals surface area contributed by atoms with Gasteiger partial charge in [-0.05, 0) is 24.7 Å². The molecule has 1 aromatic rings. The van der Waals surface area contributed by atoms with Crippen molar-refractivity contribution in [1.82, 2.24) is 5.32 Å². The maximum Gasteiger partial charge on any atom is 0.124 e. The number of hydrogen-bond donors (Lipinski definition) is 1. The van der Waals surface area contributed by atoms with Crippen LogP contribution in [0.4, 0.5) is 4.39 Å². The van der Waals surface area contributed by atoms with Crippen LogP contribution < -0.4 is 5.32 Å². The van der Waals surface area contributed by atoms with Gasteiger partial charge in [0.25, 0.3) is 0 Å². The van der Waals surface area contributed by atoms with Crippen molar-refractivity contribution in [3.63, 3.8) is 0 Å². The quantitative estimate of drug-likeness (QED) is 0.608. The summed E-state index contributed by atoms with van der Waals surface area (Å²) in [6.45, 7) is 2.86. The first kappa shape index (κ1) is 12.1. The molecule has 1 atom stereocenters. The molecule has 0 amide bonds. The maximum absolute atomic E-state index is 12.9. The fourth-order valence-corrected chi connectivity index (χ4v) is 2.09. The third kappa shape index (κ3) is 4.37. The van der Waals surface area contributed by atoms with E-state index >= 15 is 0 Å². The Balaban J connectivity index is 2.46. The zero-order valence-corrected chi connectivity index (χ0v) is 9.48. The van der Waals surface area contributed by atoms with Gasteiger partial charge in [-0.1, -0.05) is 18.9 Å². The largest absolute Gasteiger partial charge is 0.303 e. The summed E-state index contributed by atoms with van der Waals surface area (Å²) in [5.41, 5.74) is 0. The molecule has 0 aromatic heterocycles. The molecule has 0 heterocycles. The van der Waals surface area contributed by atoms with Crippen molar-refractivity contribution in [2.75, 3.05) is 12.3 Å². The smallest absolute Gasteiger partial charge is 0.124 e. The Morgan fingerprint density at radius 3 is 3.00 bits per heavy atom. The molecule has 1 nitrogen and oxygen atoms in total. The zero-order chi connectivity index (χ0) is 11.1. The maximum atomic E-state index is 12.9. The van der Waals surface area contributed by atoms with Crippen LogP contribution in [0.15, 0.2) is 29.2 Å². The Morgan fingerprint density at radius 1 is 1.60 bits per heavy atom. The first-order valence-electron chi connectivity index (χ1n) is 4.84. The molecule has 15 heavy (non-hydrogen) atoms. The van der Waals surface area contributed by atoms with Crippen molar-refractivity contribution in [2.24, 2.45) is 0 Å². The minimum absolute atomic E-state index is 0.0447. The second kappa shape index (κ2) is 6.49. The fourth-order valence-electron chi connectivity index (χ4n) is 1.15. The molecule has 1 rings (SSSR count). The molecule has 1 unspecified atom stereocenters. The molecular weight excluding hydrogens is 209 g/mol. The topological polar surface area (TPSA) is 12.0 Å². The molecule has 0 aliphatic heterocycles. The molecule has 1 N–H and O–H groups in total. The number of nitrogens with one attached hydrogen (secondary N) is 1. The summed E-state index contributed by atoms with van der Waals surface area (Å²) in [5.74, 6) is 3.21. The SMILES string of the molecule is C#CC(CSc1cccc(F)c1)NCC. The first-order valence-corrected chi connectivity index (χ1v) is 5.82. The highest BCUT2D eigenvalue weighted by molar-refractivity contribution is 7.99. The second-order valence-corrected chi connectivity index (χ2v) is 4.14. The van der Waals surface area contributed by atoms with Crippen LogP contribution in [0, 0.1) is 18.2 Å². The summed E-state index contributed by atoms with van der Waals surface area (Å²) in [4.78, 5) is 0.910. The lowest BCUT2D eigenvalue weighted by molar-refractivity contribution is 0.624. The predicted molar refractivity (Wildman–Crippen MR) is 63.4 cm³/mol. The number of hydrogen-bond acceptors (Lipinski definition) is 2. The molecule has 0 aliphatic rings. The summed E-state index contributed by atoms with van der Waals surface area (Å²) >= 11 is 1.56. The number of benzene rings is 1. The standard InChI is InChI=1S/C12H14FNS/c1-3-11(14-4-2)9-15-12-7-5-6-10(13)8-12/h1,5-8,11,14H,4,9H2,2H3. The molecule has 0 fully saturated rings. The van der Waals surface area contributed by atoms with E-state index < -0.39 is 0 Å². The first-order chi connectivity index (χ1) is 7.26. The number of thioether (sulfide) groups is 1. The van der Waals surface area contributed by atoms with E-state index in [0.29, 0.717) is 0 Å². The molecule has 0 spiro atoms. The Hall–Kier alpha value is -0.980. The van der Waals surface area contributed by atoms with Gasteiger partial charge in [0.15, 0.2) is 0 Å². The van der Waals surface area contributed by atoms with Crippen LogP contribution in [0.1, 0.15) is 6.92 Å². The lowest BCUT2D eigenvalue weighted by Gasteiger charge is -2.10. The van der Waals surface area contributed by atoms with Crippen LogP contribution in [0.25, 0.3) is 0 Å². The van der Waals surface area contributed by atoms with Gasteiger partial charge in [-0.25, -0.2) is 4.39 Å². The predicted octanol–water partition coefficient (Wildman–Crippen LogP) is 2.53. The number of terminal acetylenes is 1. The van der Waals surface area contributed by atoms with E-state index in [4.69, 9.17) is 6.42 Å². The summed E-state index contributed by atoms with van der Waals surface area (Å²) < 4.78 is 12.9. The van der Waals surface area contributed by atoms with Gasteiger partial charge in [-0.15, -0.1) is 18.2 Å². The van der Waals surface area contributed by atoms with E-state index in [-0.39, 0.29) is 11.9 Å². The van der Waals surface area contributed by atoms with E-state index in [2.05, 4.69) is 11.2 Å². The molecule has 80 valence electrons. The number of halogens is 1. The summed E-state index contributed by atoms with van der Waals surface area (Å²) in [6, 6.07) is 6.59. The van der Waals surface area contributed by atoms with Crippen LogP contribution in [0.2, 0.25) is 0 Å². The third-order valence-electron chi connectivity index (χ3n) is 1.86. The van der Waals surface area contributed by atoms with E-state index in [1.807, 2.05) is 13.0 Å². The van der Waals surface area contributed by atoms with Gasteiger partial charge in [-0.3, -0.25) is 0 Å². The van der Waals surface area contributed by atoms with Gasteiger partial charge in [0, 0.05) is 10.6 Å². The van der Waals surface area contributed by atoms with Crippen molar-refractivity contribution < 1.29 is 4.39 Å². The fraction of sp³-hybridized carbons (Fsp3) is 0.333. The van der Waals surface area contributed by atoms with Gasteiger partial charge in [0.1, 0.15) is 5.82 Å². The molecule has 0 saturated carbocycles. The Bertz CT molecular complexity index is 346. The summed E-state index contributed by atoms with van der Waals surface area (Å²) in [6.07, 6.45) is 5.35. The molecular formula is C12H14FNS. The minimum Gasteiger partial charge on any atom is -0.303 e. The molecule has 0 saturated heterocycles. The minimum atomic E-state index is -0.208. The van der Waals surface area contributed by atoms with E-state index in [9.17, 15) is 4.39 Å². The van der Waals surface area contributed by atoms with Crippen molar-refractivity contribution in [3.8, 4) is 12.3 Å². The van der Waals surface area contributed by atoms with Crippen molar-refractivity contribution in [3.05, 3.63) is 30.1 Å². The zero-order valence-electron chi connectivity index (χ0n) is 8.66. The summed E-state index contributed by atoms with van der Waals surface area (Å²) in [7, 11) is 0. The molecule has 0 radical (unpaired) electrons. The van der Waals surface area contributed by atoms with Crippen molar-refractivity contribution >= 4 is 11.8 Å². The van der Waals surface area contributed by atoms with Gasteiger partial charge in [0.05, 0.1) is 6.04 Å². The highest BCUT2D eigenvalue weighted by Gasteiger charge is 2.03. The Kier molecular flexibility index (Phi) is 5.23. The van der Waals surface area contributed by atoms with Gasteiger partial charge < -0.3 is 5.32 Å². The van der Waals surface area contributed by atoms with Crippen LogP contribution >= 0.6 is 11.8 Å². The third-order valence-corrected chi connectivity index (χ3v) is 2.95. The van der Waals surface area contributed by atoms with Crippen molar-refractivity contribution in [1.29, 1.82) is 0 Å². The summed E-state index contributed by atoms with van der Waals surface area (Å²) in [5, 5.41) is 3.17. The second-order valence-electron chi connectivity index (χ2n) is 3.05. The average Bonchev–Trinajstić information content (AvgIpc) is 2.24. The molecule has 0 aliphatic carbocycles. The Labute approximate surface area is 94.5 Å². The van der Waals surface area contributed by atoms with Gasteiger partial charge >= 0.3 is 0 Å². The Morgan fingerprint density at radius 2 is 2.40 bits per heavy atom. The van der Waals surface area contributed by atoms with Crippen LogP contribution in [0.5, 0.6) is 0 Å². The highest BCUT2D eigenvalue weighted by atomic mass is 32.2. The van der Waals surface area contributed by atoms with E-state index in [1.165, 1.54) is 12.1 Å². The lowest BCUT2D eigenvalue weighted by atomic mass is 10.3. The molecule has 1 aromatic carbocycles. The number of rotatable bonds is 5. The average molecular weight is 223 g/mol. The van der Waals surface area contributed by atoms with Gasteiger partial charge in [-0.2, -0.15) is 0 Å². The van der Waals surface area contributed by atoms with Crippen LogP contribution in [-0.4, -0.2) is 18.3 Å². The van der Waals surface area contributed by atoms with E-state index in [0.717, 1.165) is 17.2 Å². The van der Waals surface area contributed by atoms with Crippen LogP contribution in [0.3, 0.4) is 0 Å². The van der Waals surface area contributed by atoms with Crippen LogP contribution in [-0.2, 0) is 0 Å².